The first-order chi connectivity index (χ1) is 15.5. The van der Waals surface area contributed by atoms with Crippen LogP contribution in [0.15, 0.2) is 36.4 Å². The zero-order valence-electron chi connectivity index (χ0n) is 19.1. The Morgan fingerprint density at radius 3 is 2.47 bits per heavy atom. The van der Waals surface area contributed by atoms with E-state index in [-0.39, 0.29) is 17.2 Å². The molecule has 0 bridgehead atoms. The summed E-state index contributed by atoms with van der Waals surface area (Å²) in [6.45, 7) is 4.00. The van der Waals surface area contributed by atoms with Crippen molar-refractivity contribution in [1.29, 1.82) is 0 Å². The molecule has 0 radical (unpaired) electrons. The molecule has 32 heavy (non-hydrogen) atoms. The quantitative estimate of drug-likeness (QED) is 0.444. The molecule has 8 nitrogen and oxygen atoms in total. The molecule has 1 N–H and O–H groups in total. The molecule has 3 rings (SSSR count). The minimum Gasteiger partial charge on any atom is -0.493 e. The van der Waals surface area contributed by atoms with E-state index in [4.69, 9.17) is 9.47 Å². The minimum atomic E-state index is -0.495. The third-order valence-corrected chi connectivity index (χ3v) is 4.85. The Morgan fingerprint density at radius 2 is 1.88 bits per heavy atom. The minimum absolute atomic E-state index is 0.117. The lowest BCUT2D eigenvalue weighted by atomic mass is 10.1. The number of nitro benzene ring substituents is 1. The van der Waals surface area contributed by atoms with Crippen molar-refractivity contribution in [2.45, 2.75) is 26.3 Å². The fourth-order valence-electron chi connectivity index (χ4n) is 3.44. The molecule has 0 aromatic heterocycles. The smallest absolute Gasteiger partial charge is 0.305 e. The van der Waals surface area contributed by atoms with Crippen LogP contribution in [0.5, 0.6) is 11.5 Å². The number of methoxy groups -OCH3 is 1. The Labute approximate surface area is 193 Å². The van der Waals surface area contributed by atoms with Crippen molar-refractivity contribution in [3.8, 4) is 11.5 Å². The van der Waals surface area contributed by atoms with Crippen LogP contribution in [0.2, 0.25) is 0 Å². The van der Waals surface area contributed by atoms with E-state index in [9.17, 15) is 14.9 Å². The fraction of sp³-hybridized carbons (Fsp3) is 0.435. The molecule has 9 heteroatoms. The van der Waals surface area contributed by atoms with Crippen LogP contribution in [-0.2, 0) is 6.54 Å². The number of nitrogens with one attached hydrogen (secondary N) is 1. The summed E-state index contributed by atoms with van der Waals surface area (Å²) in [5.74, 6) is 0.947. The third kappa shape index (κ3) is 6.53. The highest BCUT2D eigenvalue weighted by molar-refractivity contribution is 7.97. The molecule has 1 aliphatic rings. The predicted molar refractivity (Wildman–Crippen MR) is 129 cm³/mol. The molecule has 0 aliphatic carbocycles. The maximum Gasteiger partial charge on any atom is 0.305 e. The number of benzene rings is 2. The summed E-state index contributed by atoms with van der Waals surface area (Å²) in [5, 5.41) is 14.8. The summed E-state index contributed by atoms with van der Waals surface area (Å²) in [6.07, 6.45) is 5.94. The van der Waals surface area contributed by atoms with Gasteiger partial charge >= 0.3 is 5.69 Å². The van der Waals surface area contributed by atoms with E-state index >= 15 is 0 Å². The van der Waals surface area contributed by atoms with E-state index in [2.05, 4.69) is 5.32 Å². The summed E-state index contributed by atoms with van der Waals surface area (Å²) in [7, 11) is 1.57. The van der Waals surface area contributed by atoms with E-state index in [1.807, 2.05) is 31.6 Å². The van der Waals surface area contributed by atoms with Gasteiger partial charge in [-0.15, -0.1) is 0 Å². The molecule has 1 aliphatic heterocycles. The lowest BCUT2D eigenvalue weighted by Crippen LogP contribution is -2.28. The number of carbonyl (C=O) groups is 1. The highest BCUT2D eigenvalue weighted by atomic mass is 32.2. The van der Waals surface area contributed by atoms with Gasteiger partial charge in [0, 0.05) is 19.6 Å². The van der Waals surface area contributed by atoms with Crippen LogP contribution in [-0.4, -0.2) is 55.0 Å². The molecular weight excluding hydrogens is 430 g/mol. The van der Waals surface area contributed by atoms with E-state index in [0.717, 1.165) is 18.4 Å². The molecule has 1 saturated heterocycles. The number of carbonyl (C=O) groups excluding carboxylic acids is 1. The Morgan fingerprint density at radius 1 is 1.19 bits per heavy atom. The highest BCUT2D eigenvalue weighted by Gasteiger charge is 2.29. The third-order valence-electron chi connectivity index (χ3n) is 4.85. The second-order valence-electron chi connectivity index (χ2n) is 7.14. The second kappa shape index (κ2) is 12.8. The first-order valence-electron chi connectivity index (χ1n) is 10.5. The lowest BCUT2D eigenvalue weighted by Gasteiger charge is -2.17. The van der Waals surface area contributed by atoms with Gasteiger partial charge in [-0.25, -0.2) is 0 Å². The number of nitro groups is 1. The first-order valence-corrected chi connectivity index (χ1v) is 12.1. The van der Waals surface area contributed by atoms with E-state index < -0.39 is 4.92 Å². The lowest BCUT2D eigenvalue weighted by molar-refractivity contribution is -0.384. The number of ether oxygens (including phenoxy) is 2. The van der Waals surface area contributed by atoms with Gasteiger partial charge in [0.25, 0.3) is 5.91 Å². The summed E-state index contributed by atoms with van der Waals surface area (Å²) in [6, 6.07) is 10.3. The number of amides is 1. The number of hydrogen-bond acceptors (Lipinski definition) is 7. The molecule has 174 valence electrons. The number of anilines is 1. The van der Waals surface area contributed by atoms with E-state index in [0.29, 0.717) is 43.4 Å². The highest BCUT2D eigenvalue weighted by Crippen LogP contribution is 2.32. The second-order valence-corrected chi connectivity index (χ2v) is 7.95. The van der Waals surface area contributed by atoms with Crippen LogP contribution in [0, 0.1) is 10.1 Å². The van der Waals surface area contributed by atoms with Gasteiger partial charge in [0.1, 0.15) is 11.3 Å². The maximum atomic E-state index is 12.7. The summed E-state index contributed by atoms with van der Waals surface area (Å²) < 4.78 is 10.9. The Kier molecular flexibility index (Phi) is 10.1. The zero-order valence-corrected chi connectivity index (χ0v) is 19.9. The van der Waals surface area contributed by atoms with Crippen molar-refractivity contribution in [1.82, 2.24) is 4.90 Å². The zero-order chi connectivity index (χ0) is 23.5. The molecule has 2 aromatic rings. The van der Waals surface area contributed by atoms with E-state index in [1.165, 1.54) is 6.07 Å². The summed E-state index contributed by atoms with van der Waals surface area (Å²) in [5.41, 5.74) is 1.11. The number of rotatable bonds is 8. The molecule has 1 heterocycles. The van der Waals surface area contributed by atoms with Crippen LogP contribution < -0.4 is 14.8 Å². The average molecular weight is 462 g/mol. The Bertz CT molecular complexity index is 917. The van der Waals surface area contributed by atoms with Gasteiger partial charge in [-0.1, -0.05) is 12.1 Å². The van der Waals surface area contributed by atoms with Crippen LogP contribution in [0.4, 0.5) is 11.4 Å². The first kappa shape index (κ1) is 25.3. The van der Waals surface area contributed by atoms with Crippen molar-refractivity contribution >= 4 is 29.0 Å². The molecule has 0 spiro atoms. The largest absolute Gasteiger partial charge is 0.493 e. The number of hydrogen-bond donors (Lipinski definition) is 1. The van der Waals surface area contributed by atoms with Gasteiger partial charge in [-0.3, -0.25) is 14.9 Å². The van der Waals surface area contributed by atoms with Crippen LogP contribution in [0.3, 0.4) is 0 Å². The van der Waals surface area contributed by atoms with Gasteiger partial charge in [-0.05, 0) is 62.1 Å². The van der Waals surface area contributed by atoms with Crippen molar-refractivity contribution in [2.75, 3.05) is 44.6 Å². The van der Waals surface area contributed by atoms with Gasteiger partial charge < -0.3 is 19.7 Å². The fourth-order valence-corrected chi connectivity index (χ4v) is 3.44. The topological polar surface area (TPSA) is 93.9 Å². The Hall–Kier alpha value is -2.94. The number of thioether (sulfide) groups is 1. The monoisotopic (exact) mass is 461 g/mol. The van der Waals surface area contributed by atoms with Gasteiger partial charge in [0.15, 0.2) is 11.5 Å². The number of para-hydroxylation sites is 1. The summed E-state index contributed by atoms with van der Waals surface area (Å²) >= 11 is 1.75. The van der Waals surface area contributed by atoms with Gasteiger partial charge in [-0.2, -0.15) is 11.8 Å². The van der Waals surface area contributed by atoms with Crippen LogP contribution >= 0.6 is 11.8 Å². The Balaban J connectivity index is 0.00000114. The normalized spacial score (nSPS) is 12.6. The average Bonchev–Trinajstić information content (AvgIpc) is 3.32. The molecule has 0 atom stereocenters. The summed E-state index contributed by atoms with van der Waals surface area (Å²) in [4.78, 5) is 25.7. The van der Waals surface area contributed by atoms with Gasteiger partial charge in [0.05, 0.1) is 18.6 Å². The van der Waals surface area contributed by atoms with Crippen LogP contribution in [0.1, 0.15) is 35.7 Å². The molecule has 1 amide bonds. The SMILES string of the molecule is CCOc1cc(CNc2cccc(C(=O)N3CCCC3)c2[N+](=O)[O-])ccc1OC.CSC. The van der Waals surface area contributed by atoms with Crippen molar-refractivity contribution in [2.24, 2.45) is 0 Å². The van der Waals surface area contributed by atoms with Crippen molar-refractivity contribution < 1.29 is 19.2 Å². The maximum absolute atomic E-state index is 12.7. The van der Waals surface area contributed by atoms with E-state index in [1.54, 1.807) is 42.0 Å². The molecule has 2 aromatic carbocycles. The molecule has 0 saturated carbocycles. The molecular formula is C23H31N3O5S. The molecule has 1 fully saturated rings. The van der Waals surface area contributed by atoms with Crippen molar-refractivity contribution in [3.05, 3.63) is 57.6 Å². The number of likely N-dealkylation sites (tertiary alicyclic amines) is 1. The number of nitrogens with zero attached hydrogens (tertiary/aromatic N) is 2. The van der Waals surface area contributed by atoms with Crippen molar-refractivity contribution in [3.63, 3.8) is 0 Å². The standard InChI is InChI=1S/C21H25N3O5.C2H6S/c1-3-29-19-13-15(9-10-18(19)28-2)14-22-17-8-6-7-16(20(17)24(26)27)21(25)23-11-4-5-12-23;1-3-2/h6-10,13,22H,3-5,11-12,14H2,1-2H3;1-2H3. The van der Waals surface area contributed by atoms with Gasteiger partial charge in [0.2, 0.25) is 0 Å². The predicted octanol–water partition coefficient (Wildman–Crippen LogP) is 4.83. The molecule has 0 unspecified atom stereocenters. The van der Waals surface area contributed by atoms with Crippen LogP contribution in [0.25, 0.3) is 0 Å².